The lowest BCUT2D eigenvalue weighted by Gasteiger charge is -2.20. The van der Waals surface area contributed by atoms with E-state index in [0.29, 0.717) is 29.7 Å². The zero-order chi connectivity index (χ0) is 18.9. The summed E-state index contributed by atoms with van der Waals surface area (Å²) in [4.78, 5) is 22.5. The highest BCUT2D eigenvalue weighted by molar-refractivity contribution is 6.00. The van der Waals surface area contributed by atoms with Crippen molar-refractivity contribution < 1.29 is 9.53 Å². The Hall–Kier alpha value is -2.87. The van der Waals surface area contributed by atoms with Crippen LogP contribution in [0.2, 0.25) is 0 Å². The molecule has 3 rings (SSSR count). The number of benzene rings is 1. The van der Waals surface area contributed by atoms with Crippen LogP contribution in [0.3, 0.4) is 0 Å². The Bertz CT molecular complexity index is 729. The minimum Gasteiger partial charge on any atom is -0.490 e. The van der Waals surface area contributed by atoms with E-state index in [0.717, 1.165) is 19.6 Å². The fraction of sp³-hybridized carbons (Fsp3) is 0.421. The van der Waals surface area contributed by atoms with Gasteiger partial charge < -0.3 is 15.8 Å². The van der Waals surface area contributed by atoms with E-state index in [2.05, 4.69) is 25.5 Å². The normalized spacial score (nSPS) is 15.0. The summed E-state index contributed by atoms with van der Waals surface area (Å²) in [6.45, 7) is 3.74. The topological polar surface area (TPSA) is 105 Å². The van der Waals surface area contributed by atoms with Crippen molar-refractivity contribution in [3.63, 3.8) is 0 Å². The van der Waals surface area contributed by atoms with Gasteiger partial charge in [-0.2, -0.15) is 0 Å². The highest BCUT2D eigenvalue weighted by Crippen LogP contribution is 2.24. The summed E-state index contributed by atoms with van der Waals surface area (Å²) < 4.78 is 5.92. The lowest BCUT2D eigenvalue weighted by molar-refractivity contribution is 0.214. The number of para-hydroxylation sites is 2. The second-order valence-corrected chi connectivity index (χ2v) is 6.51. The maximum atomic E-state index is 12.2. The van der Waals surface area contributed by atoms with Crippen LogP contribution >= 0.6 is 0 Å². The second-order valence-electron chi connectivity index (χ2n) is 6.51. The Morgan fingerprint density at radius 2 is 1.85 bits per heavy atom. The Balaban J connectivity index is 1.51. The van der Waals surface area contributed by atoms with E-state index in [9.17, 15) is 4.79 Å². The van der Waals surface area contributed by atoms with Crippen LogP contribution in [-0.4, -0.2) is 47.1 Å². The highest BCUT2D eigenvalue weighted by Gasteiger charge is 2.11. The first-order valence-electron chi connectivity index (χ1n) is 9.30. The molecule has 0 unspecified atom stereocenters. The lowest BCUT2D eigenvalue weighted by atomic mass is 10.2. The molecule has 1 aliphatic heterocycles. The largest absolute Gasteiger partial charge is 0.490 e. The fourth-order valence-electron chi connectivity index (χ4n) is 3.01. The molecular formula is C19H26N6O2. The average Bonchev–Trinajstić information content (AvgIpc) is 2.94. The van der Waals surface area contributed by atoms with Gasteiger partial charge in [0.1, 0.15) is 18.2 Å². The third kappa shape index (κ3) is 6.10. The van der Waals surface area contributed by atoms with Crippen LogP contribution in [0.1, 0.15) is 25.7 Å². The second kappa shape index (κ2) is 9.72. The maximum Gasteiger partial charge on any atom is 0.324 e. The first-order chi connectivity index (χ1) is 13.2. The molecule has 8 nitrogen and oxygen atoms in total. The number of anilines is 3. The first-order valence-corrected chi connectivity index (χ1v) is 9.30. The van der Waals surface area contributed by atoms with Gasteiger partial charge in [0.05, 0.1) is 18.1 Å². The van der Waals surface area contributed by atoms with Gasteiger partial charge in [0.2, 0.25) is 0 Å². The van der Waals surface area contributed by atoms with Crippen LogP contribution in [0, 0.1) is 0 Å². The predicted octanol–water partition coefficient (Wildman–Crippen LogP) is 2.96. The number of amides is 2. The van der Waals surface area contributed by atoms with Gasteiger partial charge in [0, 0.05) is 6.54 Å². The Labute approximate surface area is 159 Å². The van der Waals surface area contributed by atoms with Gasteiger partial charge in [-0.15, -0.1) is 0 Å². The van der Waals surface area contributed by atoms with Gasteiger partial charge >= 0.3 is 6.03 Å². The number of hydrogen-bond donors (Lipinski definition) is 3. The van der Waals surface area contributed by atoms with Crippen molar-refractivity contribution in [1.29, 1.82) is 0 Å². The van der Waals surface area contributed by atoms with Crippen molar-refractivity contribution in [1.82, 2.24) is 14.9 Å². The number of nitrogen functional groups attached to an aromatic ring is 1. The number of nitrogens with zero attached hydrogens (tertiary/aromatic N) is 3. The molecule has 2 aromatic rings. The fourth-order valence-corrected chi connectivity index (χ4v) is 3.01. The summed E-state index contributed by atoms with van der Waals surface area (Å²) >= 11 is 0. The molecular weight excluding hydrogens is 344 g/mol. The Morgan fingerprint density at radius 3 is 2.59 bits per heavy atom. The number of urea groups is 1. The van der Waals surface area contributed by atoms with Crippen LogP contribution in [0.15, 0.2) is 36.7 Å². The van der Waals surface area contributed by atoms with E-state index in [-0.39, 0.29) is 0 Å². The zero-order valence-corrected chi connectivity index (χ0v) is 15.4. The van der Waals surface area contributed by atoms with Crippen molar-refractivity contribution >= 4 is 23.4 Å². The van der Waals surface area contributed by atoms with Gasteiger partial charge in [-0.1, -0.05) is 25.0 Å². The standard InChI is InChI=1S/C19H26N6O2/c20-17-13-22-18(14-21-17)24-19(26)23-15-7-3-4-8-16(15)27-12-11-25-9-5-1-2-6-10-25/h3-4,7-8,13-14H,1-2,5-6,9-12H2,(H2,20,21)(H2,22,23,24,26). The van der Waals surface area contributed by atoms with Crippen LogP contribution in [-0.2, 0) is 0 Å². The Kier molecular flexibility index (Phi) is 6.81. The Morgan fingerprint density at radius 1 is 1.07 bits per heavy atom. The molecule has 4 N–H and O–H groups in total. The van der Waals surface area contributed by atoms with Gasteiger partial charge in [0.15, 0.2) is 5.82 Å². The average molecular weight is 370 g/mol. The van der Waals surface area contributed by atoms with Crippen molar-refractivity contribution in [3.05, 3.63) is 36.7 Å². The van der Waals surface area contributed by atoms with Gasteiger partial charge in [-0.05, 0) is 38.1 Å². The van der Waals surface area contributed by atoms with Crippen molar-refractivity contribution in [2.45, 2.75) is 25.7 Å². The molecule has 1 saturated heterocycles. The zero-order valence-electron chi connectivity index (χ0n) is 15.4. The molecule has 27 heavy (non-hydrogen) atoms. The van der Waals surface area contributed by atoms with Crippen molar-refractivity contribution in [2.75, 3.05) is 42.6 Å². The van der Waals surface area contributed by atoms with E-state index in [1.807, 2.05) is 18.2 Å². The molecule has 2 heterocycles. The molecule has 1 aliphatic rings. The summed E-state index contributed by atoms with van der Waals surface area (Å²) in [6.07, 6.45) is 7.93. The lowest BCUT2D eigenvalue weighted by Crippen LogP contribution is -2.29. The molecule has 1 aromatic carbocycles. The van der Waals surface area contributed by atoms with E-state index in [1.165, 1.54) is 38.1 Å². The molecule has 1 aromatic heterocycles. The van der Waals surface area contributed by atoms with Crippen molar-refractivity contribution in [2.24, 2.45) is 0 Å². The number of aromatic nitrogens is 2. The number of carbonyl (C=O) groups excluding carboxylic acids is 1. The van der Waals surface area contributed by atoms with E-state index in [4.69, 9.17) is 10.5 Å². The molecule has 144 valence electrons. The molecule has 2 amide bonds. The van der Waals surface area contributed by atoms with Gasteiger partial charge in [-0.3, -0.25) is 10.2 Å². The molecule has 0 radical (unpaired) electrons. The van der Waals surface area contributed by atoms with Crippen LogP contribution in [0.4, 0.5) is 22.1 Å². The molecule has 0 atom stereocenters. The van der Waals surface area contributed by atoms with Crippen LogP contribution in [0.25, 0.3) is 0 Å². The minimum absolute atomic E-state index is 0.295. The minimum atomic E-state index is -0.419. The predicted molar refractivity (Wildman–Crippen MR) is 106 cm³/mol. The number of ether oxygens (including phenoxy) is 1. The number of likely N-dealkylation sites (tertiary alicyclic amines) is 1. The van der Waals surface area contributed by atoms with E-state index < -0.39 is 6.03 Å². The van der Waals surface area contributed by atoms with Gasteiger partial charge in [0.25, 0.3) is 0 Å². The number of carbonyl (C=O) groups is 1. The van der Waals surface area contributed by atoms with Crippen LogP contribution in [0.5, 0.6) is 5.75 Å². The van der Waals surface area contributed by atoms with Crippen molar-refractivity contribution in [3.8, 4) is 5.75 Å². The third-order valence-electron chi connectivity index (χ3n) is 4.41. The molecule has 0 aliphatic carbocycles. The van der Waals surface area contributed by atoms with E-state index >= 15 is 0 Å². The molecule has 1 fully saturated rings. The number of nitrogens with one attached hydrogen (secondary N) is 2. The summed E-state index contributed by atoms with van der Waals surface area (Å²) in [5.74, 6) is 1.26. The quantitative estimate of drug-likeness (QED) is 0.722. The molecule has 0 bridgehead atoms. The van der Waals surface area contributed by atoms with Crippen LogP contribution < -0.4 is 21.1 Å². The summed E-state index contributed by atoms with van der Waals surface area (Å²) in [7, 11) is 0. The SMILES string of the molecule is Nc1cnc(NC(=O)Nc2ccccc2OCCN2CCCCCC2)cn1. The van der Waals surface area contributed by atoms with E-state index in [1.54, 1.807) is 6.07 Å². The third-order valence-corrected chi connectivity index (χ3v) is 4.41. The molecule has 0 saturated carbocycles. The highest BCUT2D eigenvalue weighted by atomic mass is 16.5. The monoisotopic (exact) mass is 370 g/mol. The summed E-state index contributed by atoms with van der Waals surface area (Å²) in [6, 6.07) is 6.96. The summed E-state index contributed by atoms with van der Waals surface area (Å²) in [5, 5.41) is 5.40. The first kappa shape index (κ1) is 18.9. The maximum absolute atomic E-state index is 12.2. The smallest absolute Gasteiger partial charge is 0.324 e. The number of hydrogen-bond acceptors (Lipinski definition) is 6. The number of nitrogens with two attached hydrogens (primary N) is 1. The molecule has 8 heteroatoms. The van der Waals surface area contributed by atoms with Gasteiger partial charge in [-0.25, -0.2) is 14.8 Å². The summed E-state index contributed by atoms with van der Waals surface area (Å²) in [5.41, 5.74) is 6.09. The molecule has 0 spiro atoms. The number of rotatable bonds is 6.